The maximum Gasteiger partial charge on any atom is 0.293 e. The molecule has 1 aliphatic rings. The number of benzene rings is 1. The number of hydrogen-bond donors (Lipinski definition) is 2. The van der Waals surface area contributed by atoms with Gasteiger partial charge in [0.1, 0.15) is 5.60 Å². The molecule has 21 heavy (non-hydrogen) atoms. The average Bonchev–Trinajstić information content (AvgIpc) is 2.48. The number of aliphatic hydroxyl groups is 1. The number of nitrogens with zero attached hydrogens (tertiary/aromatic N) is 1. The molecule has 0 amide bonds. The van der Waals surface area contributed by atoms with E-state index in [0.717, 1.165) is 31.7 Å². The van der Waals surface area contributed by atoms with E-state index in [1.54, 1.807) is 0 Å². The van der Waals surface area contributed by atoms with Gasteiger partial charge in [0.15, 0.2) is 0 Å². The summed E-state index contributed by atoms with van der Waals surface area (Å²) in [5.74, 6) is 0. The smallest absolute Gasteiger partial charge is 0.293 e. The molecule has 1 heterocycles. The van der Waals surface area contributed by atoms with Crippen LogP contribution in [0.3, 0.4) is 0 Å². The molecule has 0 bridgehead atoms. The molecule has 0 unspecified atom stereocenters. The first-order chi connectivity index (χ1) is 9.96. The quantitative estimate of drug-likeness (QED) is 0.828. The molecular formula is C16H26N2O3. The summed E-state index contributed by atoms with van der Waals surface area (Å²) < 4.78 is 4.55. The highest BCUT2D eigenvalue weighted by molar-refractivity contribution is 5.47. The molecule has 0 atom stereocenters. The molecule has 2 rings (SSSR count). The van der Waals surface area contributed by atoms with Crippen molar-refractivity contribution in [1.29, 1.82) is 0 Å². The van der Waals surface area contributed by atoms with Gasteiger partial charge in [0.25, 0.3) is 6.47 Å². The molecule has 0 aliphatic carbocycles. The minimum Gasteiger partial charge on any atom is -0.462 e. The highest BCUT2D eigenvalue weighted by Gasteiger charge is 2.09. The van der Waals surface area contributed by atoms with Gasteiger partial charge in [-0.3, -0.25) is 4.79 Å². The lowest BCUT2D eigenvalue weighted by molar-refractivity contribution is -0.138. The van der Waals surface area contributed by atoms with E-state index in [4.69, 9.17) is 5.11 Å². The van der Waals surface area contributed by atoms with Crippen LogP contribution < -0.4 is 10.2 Å². The molecule has 1 aromatic carbocycles. The SMILES string of the molecule is CC(C)(C)OC=O.OCc1ccc(N2CCNCC2)cc1. The molecule has 0 spiro atoms. The Labute approximate surface area is 126 Å². The van der Waals surface area contributed by atoms with Crippen molar-refractivity contribution < 1.29 is 14.6 Å². The normalized spacial score (nSPS) is 15.0. The van der Waals surface area contributed by atoms with Gasteiger partial charge in [-0.25, -0.2) is 0 Å². The highest BCUT2D eigenvalue weighted by Crippen LogP contribution is 2.15. The van der Waals surface area contributed by atoms with Crippen molar-refractivity contribution in [3.63, 3.8) is 0 Å². The molecule has 5 heteroatoms. The van der Waals surface area contributed by atoms with Crippen molar-refractivity contribution in [2.75, 3.05) is 31.1 Å². The second-order valence-corrected chi connectivity index (χ2v) is 5.89. The van der Waals surface area contributed by atoms with E-state index in [-0.39, 0.29) is 12.2 Å². The van der Waals surface area contributed by atoms with E-state index >= 15 is 0 Å². The van der Waals surface area contributed by atoms with E-state index in [2.05, 4.69) is 27.1 Å². The first-order valence-corrected chi connectivity index (χ1v) is 7.23. The summed E-state index contributed by atoms with van der Waals surface area (Å²) in [4.78, 5) is 12.0. The molecule has 1 saturated heterocycles. The number of carbonyl (C=O) groups is 1. The van der Waals surface area contributed by atoms with Crippen molar-refractivity contribution in [3.05, 3.63) is 29.8 Å². The summed E-state index contributed by atoms with van der Waals surface area (Å²) in [6, 6.07) is 8.13. The Hall–Kier alpha value is -1.59. The highest BCUT2D eigenvalue weighted by atomic mass is 16.5. The predicted molar refractivity (Wildman–Crippen MR) is 84.3 cm³/mol. The molecule has 1 aliphatic heterocycles. The Morgan fingerprint density at radius 2 is 1.81 bits per heavy atom. The molecule has 2 N–H and O–H groups in total. The van der Waals surface area contributed by atoms with Crippen LogP contribution in [0.5, 0.6) is 0 Å². The van der Waals surface area contributed by atoms with Gasteiger partial charge in [0, 0.05) is 31.9 Å². The lowest BCUT2D eigenvalue weighted by Gasteiger charge is -2.29. The van der Waals surface area contributed by atoms with Crippen LogP contribution in [-0.4, -0.2) is 43.4 Å². The molecule has 0 radical (unpaired) electrons. The Bertz CT molecular complexity index is 407. The van der Waals surface area contributed by atoms with Crippen LogP contribution in [0.2, 0.25) is 0 Å². The zero-order chi connectivity index (χ0) is 15.7. The lowest BCUT2D eigenvalue weighted by Crippen LogP contribution is -2.43. The van der Waals surface area contributed by atoms with Gasteiger partial charge in [-0.05, 0) is 38.5 Å². The minimum absolute atomic E-state index is 0.127. The van der Waals surface area contributed by atoms with Crippen LogP contribution >= 0.6 is 0 Å². The van der Waals surface area contributed by atoms with Crippen molar-refractivity contribution >= 4 is 12.2 Å². The van der Waals surface area contributed by atoms with E-state index < -0.39 is 0 Å². The van der Waals surface area contributed by atoms with Gasteiger partial charge in [-0.15, -0.1) is 0 Å². The topological polar surface area (TPSA) is 61.8 Å². The van der Waals surface area contributed by atoms with Crippen molar-refractivity contribution in [2.24, 2.45) is 0 Å². The summed E-state index contributed by atoms with van der Waals surface area (Å²) in [5, 5.41) is 12.2. The number of nitrogens with one attached hydrogen (secondary N) is 1. The van der Waals surface area contributed by atoms with Crippen LogP contribution in [0.15, 0.2) is 24.3 Å². The Balaban J connectivity index is 0.000000270. The maximum absolute atomic E-state index is 9.60. The number of ether oxygens (including phenoxy) is 1. The largest absolute Gasteiger partial charge is 0.462 e. The second kappa shape index (κ2) is 8.64. The van der Waals surface area contributed by atoms with Gasteiger partial charge in [-0.2, -0.15) is 0 Å². The third-order valence-electron chi connectivity index (χ3n) is 3.00. The summed E-state index contributed by atoms with van der Waals surface area (Å²) in [6.07, 6.45) is 0. The predicted octanol–water partition coefficient (Wildman–Crippen LogP) is 1.55. The van der Waals surface area contributed by atoms with Gasteiger partial charge in [-0.1, -0.05) is 12.1 Å². The monoisotopic (exact) mass is 294 g/mol. The van der Waals surface area contributed by atoms with Crippen LogP contribution in [0.4, 0.5) is 5.69 Å². The van der Waals surface area contributed by atoms with Gasteiger partial charge >= 0.3 is 0 Å². The molecule has 118 valence electrons. The van der Waals surface area contributed by atoms with E-state index in [0.29, 0.717) is 6.47 Å². The van der Waals surface area contributed by atoms with Crippen molar-refractivity contribution in [1.82, 2.24) is 5.32 Å². The molecule has 5 nitrogen and oxygen atoms in total. The summed E-state index contributed by atoms with van der Waals surface area (Å²) in [6.45, 7) is 10.3. The molecular weight excluding hydrogens is 268 g/mol. The minimum atomic E-state index is -0.318. The summed E-state index contributed by atoms with van der Waals surface area (Å²) in [7, 11) is 0. The fourth-order valence-electron chi connectivity index (χ4n) is 1.88. The van der Waals surface area contributed by atoms with Gasteiger partial charge in [0.2, 0.25) is 0 Å². The zero-order valence-corrected chi connectivity index (χ0v) is 13.1. The second-order valence-electron chi connectivity index (χ2n) is 5.89. The average molecular weight is 294 g/mol. The van der Waals surface area contributed by atoms with Crippen molar-refractivity contribution in [2.45, 2.75) is 33.0 Å². The molecule has 0 saturated carbocycles. The van der Waals surface area contributed by atoms with E-state index in [1.165, 1.54) is 5.69 Å². The number of piperazine rings is 1. The molecule has 1 aromatic rings. The number of anilines is 1. The number of hydrogen-bond acceptors (Lipinski definition) is 5. The van der Waals surface area contributed by atoms with Crippen LogP contribution in [-0.2, 0) is 16.1 Å². The van der Waals surface area contributed by atoms with Gasteiger partial charge < -0.3 is 20.1 Å². The first-order valence-electron chi connectivity index (χ1n) is 7.23. The fraction of sp³-hybridized carbons (Fsp3) is 0.562. The molecule has 0 aromatic heterocycles. The fourth-order valence-corrected chi connectivity index (χ4v) is 1.88. The molecule has 1 fully saturated rings. The number of aliphatic hydroxyl groups excluding tert-OH is 1. The standard InChI is InChI=1S/C11H16N2O.C5H10O2/c14-9-10-1-3-11(4-2-10)13-7-5-12-6-8-13;1-5(2,3)7-4-6/h1-4,12,14H,5-9H2;4H,1-3H3. The third-order valence-corrected chi connectivity index (χ3v) is 3.00. The van der Waals surface area contributed by atoms with Crippen LogP contribution in [0.1, 0.15) is 26.3 Å². The van der Waals surface area contributed by atoms with Gasteiger partial charge in [0.05, 0.1) is 6.61 Å². The lowest BCUT2D eigenvalue weighted by atomic mass is 10.2. The third kappa shape index (κ3) is 7.11. The first kappa shape index (κ1) is 17.5. The van der Waals surface area contributed by atoms with Crippen molar-refractivity contribution in [3.8, 4) is 0 Å². The Kier molecular flexibility index (Phi) is 7.19. The number of carbonyl (C=O) groups excluding carboxylic acids is 1. The zero-order valence-electron chi connectivity index (χ0n) is 13.1. The van der Waals surface area contributed by atoms with E-state index in [1.807, 2.05) is 32.9 Å². The Morgan fingerprint density at radius 1 is 1.24 bits per heavy atom. The van der Waals surface area contributed by atoms with Crippen LogP contribution in [0.25, 0.3) is 0 Å². The summed E-state index contributed by atoms with van der Waals surface area (Å²) >= 11 is 0. The number of rotatable bonds is 3. The summed E-state index contributed by atoms with van der Waals surface area (Å²) in [5.41, 5.74) is 1.91. The Morgan fingerprint density at radius 3 is 2.19 bits per heavy atom. The van der Waals surface area contributed by atoms with Crippen LogP contribution in [0, 0.1) is 0 Å². The maximum atomic E-state index is 9.60. The van der Waals surface area contributed by atoms with E-state index in [9.17, 15) is 4.79 Å².